The zero-order chi connectivity index (χ0) is 13.1. The van der Waals surface area contributed by atoms with Crippen molar-refractivity contribution in [3.63, 3.8) is 0 Å². The molecular formula is C14H20N3O+. The fraction of sp³-hybridized carbons (Fsp3) is 0.429. The molecule has 2 rings (SSSR count). The number of rotatable bonds is 4. The maximum absolute atomic E-state index is 12.3. The minimum absolute atomic E-state index is 0.0403. The molecule has 0 amide bonds. The van der Waals surface area contributed by atoms with Crippen molar-refractivity contribution in [1.29, 1.82) is 0 Å². The average Bonchev–Trinajstić information content (AvgIpc) is 2.40. The van der Waals surface area contributed by atoms with Crippen LogP contribution in [0.3, 0.4) is 0 Å². The van der Waals surface area contributed by atoms with Crippen molar-refractivity contribution in [3.8, 4) is 0 Å². The lowest BCUT2D eigenvalue weighted by Crippen LogP contribution is -2.85. The second-order valence-corrected chi connectivity index (χ2v) is 4.51. The van der Waals surface area contributed by atoms with Gasteiger partial charge in [-0.1, -0.05) is 19.1 Å². The van der Waals surface area contributed by atoms with Gasteiger partial charge in [-0.05, 0) is 19.1 Å². The SMILES string of the molecule is CC[NH2+][C@@H](CC)c1nc2ccccc2c(=O)n1C. The molecule has 1 aromatic heterocycles. The number of fused-ring (bicyclic) bond motifs is 1. The molecule has 2 N–H and O–H groups in total. The number of aromatic nitrogens is 2. The molecule has 0 aliphatic heterocycles. The zero-order valence-corrected chi connectivity index (χ0v) is 11.2. The molecule has 2 aromatic rings. The van der Waals surface area contributed by atoms with Gasteiger partial charge in [-0.3, -0.25) is 9.36 Å². The van der Waals surface area contributed by atoms with E-state index in [0.717, 1.165) is 24.3 Å². The van der Waals surface area contributed by atoms with Crippen molar-refractivity contribution in [2.75, 3.05) is 6.54 Å². The lowest BCUT2D eigenvalue weighted by molar-refractivity contribution is -0.695. The Labute approximate surface area is 107 Å². The first-order valence-corrected chi connectivity index (χ1v) is 6.48. The van der Waals surface area contributed by atoms with Crippen LogP contribution in [0.25, 0.3) is 10.9 Å². The van der Waals surface area contributed by atoms with Gasteiger partial charge in [0, 0.05) is 13.5 Å². The van der Waals surface area contributed by atoms with Gasteiger partial charge in [-0.2, -0.15) is 0 Å². The number of quaternary nitrogens is 1. The largest absolute Gasteiger partial charge is 0.338 e. The number of nitrogens with two attached hydrogens (primary N) is 1. The number of para-hydroxylation sites is 1. The molecular weight excluding hydrogens is 226 g/mol. The van der Waals surface area contributed by atoms with Crippen molar-refractivity contribution in [2.24, 2.45) is 7.05 Å². The summed E-state index contributed by atoms with van der Waals surface area (Å²) in [6.45, 7) is 5.22. The van der Waals surface area contributed by atoms with Gasteiger partial charge in [0.1, 0.15) is 6.04 Å². The number of nitrogens with zero attached hydrogens (tertiary/aromatic N) is 2. The molecule has 0 saturated carbocycles. The molecule has 0 aliphatic carbocycles. The summed E-state index contributed by atoms with van der Waals surface area (Å²) in [6.07, 6.45) is 0.965. The van der Waals surface area contributed by atoms with Gasteiger partial charge in [-0.25, -0.2) is 4.98 Å². The highest BCUT2D eigenvalue weighted by molar-refractivity contribution is 5.77. The first-order chi connectivity index (χ1) is 8.69. The first-order valence-electron chi connectivity index (χ1n) is 6.48. The third-order valence-electron chi connectivity index (χ3n) is 3.31. The van der Waals surface area contributed by atoms with Crippen molar-refractivity contribution in [2.45, 2.75) is 26.3 Å². The Balaban J connectivity index is 2.64. The molecule has 0 unspecified atom stereocenters. The highest BCUT2D eigenvalue weighted by Gasteiger charge is 2.18. The number of hydrogen-bond donors (Lipinski definition) is 1. The van der Waals surface area contributed by atoms with Gasteiger partial charge in [-0.15, -0.1) is 0 Å². The van der Waals surface area contributed by atoms with E-state index in [1.165, 1.54) is 0 Å². The molecule has 0 aliphatic rings. The lowest BCUT2D eigenvalue weighted by Gasteiger charge is -2.16. The Morgan fingerprint density at radius 2 is 2.06 bits per heavy atom. The van der Waals surface area contributed by atoms with Crippen molar-refractivity contribution in [3.05, 3.63) is 40.4 Å². The predicted octanol–water partition coefficient (Wildman–Crippen LogP) is 0.968. The van der Waals surface area contributed by atoms with Crippen LogP contribution >= 0.6 is 0 Å². The Morgan fingerprint density at radius 3 is 2.72 bits per heavy atom. The Bertz CT molecular complexity index is 604. The first kappa shape index (κ1) is 12.8. The second kappa shape index (κ2) is 5.31. The van der Waals surface area contributed by atoms with Crippen LogP contribution in [0, 0.1) is 0 Å². The summed E-state index contributed by atoms with van der Waals surface area (Å²) in [4.78, 5) is 16.9. The van der Waals surface area contributed by atoms with Crippen molar-refractivity contribution >= 4 is 10.9 Å². The normalized spacial score (nSPS) is 12.8. The molecule has 0 spiro atoms. The smallest absolute Gasteiger partial charge is 0.261 e. The molecule has 1 atom stereocenters. The lowest BCUT2D eigenvalue weighted by atomic mass is 10.1. The maximum atomic E-state index is 12.3. The van der Waals surface area contributed by atoms with Crippen LogP contribution in [-0.4, -0.2) is 16.1 Å². The van der Waals surface area contributed by atoms with Crippen LogP contribution in [0.4, 0.5) is 0 Å². The van der Waals surface area contributed by atoms with Gasteiger partial charge >= 0.3 is 0 Å². The monoisotopic (exact) mass is 246 g/mol. The molecule has 0 bridgehead atoms. The van der Waals surface area contributed by atoms with E-state index in [4.69, 9.17) is 0 Å². The Hall–Kier alpha value is -1.68. The Morgan fingerprint density at radius 1 is 1.33 bits per heavy atom. The van der Waals surface area contributed by atoms with Crippen LogP contribution in [0.15, 0.2) is 29.1 Å². The third kappa shape index (κ3) is 2.16. The third-order valence-corrected chi connectivity index (χ3v) is 3.31. The summed E-state index contributed by atoms with van der Waals surface area (Å²) >= 11 is 0. The van der Waals surface area contributed by atoms with Crippen LogP contribution in [0.5, 0.6) is 0 Å². The number of benzene rings is 1. The van der Waals surface area contributed by atoms with E-state index in [2.05, 4.69) is 24.1 Å². The van der Waals surface area contributed by atoms with Crippen LogP contribution in [-0.2, 0) is 7.05 Å². The topological polar surface area (TPSA) is 51.5 Å². The fourth-order valence-corrected chi connectivity index (χ4v) is 2.31. The Kier molecular flexibility index (Phi) is 3.77. The van der Waals surface area contributed by atoms with E-state index < -0.39 is 0 Å². The van der Waals surface area contributed by atoms with E-state index in [0.29, 0.717) is 5.39 Å². The average molecular weight is 246 g/mol. The predicted molar refractivity (Wildman–Crippen MR) is 72.5 cm³/mol. The van der Waals surface area contributed by atoms with Crippen LogP contribution in [0.2, 0.25) is 0 Å². The van der Waals surface area contributed by atoms with Gasteiger partial charge in [0.2, 0.25) is 0 Å². The van der Waals surface area contributed by atoms with Crippen molar-refractivity contribution < 1.29 is 5.32 Å². The summed E-state index contributed by atoms with van der Waals surface area (Å²) in [5, 5.41) is 2.91. The molecule has 18 heavy (non-hydrogen) atoms. The van der Waals surface area contributed by atoms with Gasteiger partial charge in [0.15, 0.2) is 5.82 Å². The molecule has 4 heteroatoms. The minimum atomic E-state index is 0.0403. The molecule has 1 aromatic carbocycles. The summed E-state index contributed by atoms with van der Waals surface area (Å²) in [7, 11) is 1.81. The molecule has 0 fully saturated rings. The summed E-state index contributed by atoms with van der Waals surface area (Å²) in [6, 6.07) is 7.78. The molecule has 1 heterocycles. The number of hydrogen-bond acceptors (Lipinski definition) is 2. The molecule has 96 valence electrons. The zero-order valence-electron chi connectivity index (χ0n) is 11.2. The van der Waals surface area contributed by atoms with Crippen LogP contribution in [0.1, 0.15) is 32.1 Å². The van der Waals surface area contributed by atoms with Gasteiger partial charge in [0.25, 0.3) is 5.56 Å². The standard InChI is InChI=1S/C14H19N3O/c1-4-11(15-5-2)13-16-12-9-7-6-8-10(12)14(18)17(13)3/h6-9,11,15H,4-5H2,1-3H3/p+1/t11-/m0/s1. The molecule has 0 radical (unpaired) electrons. The van der Waals surface area contributed by atoms with E-state index in [1.54, 1.807) is 4.57 Å². The van der Waals surface area contributed by atoms with Gasteiger partial charge in [0.05, 0.1) is 17.4 Å². The highest BCUT2D eigenvalue weighted by atomic mass is 16.1. The quantitative estimate of drug-likeness (QED) is 0.874. The maximum Gasteiger partial charge on any atom is 0.261 e. The van der Waals surface area contributed by atoms with E-state index >= 15 is 0 Å². The molecule has 4 nitrogen and oxygen atoms in total. The van der Waals surface area contributed by atoms with Gasteiger partial charge < -0.3 is 5.32 Å². The van der Waals surface area contributed by atoms with Crippen molar-refractivity contribution in [1.82, 2.24) is 9.55 Å². The minimum Gasteiger partial charge on any atom is -0.338 e. The summed E-state index contributed by atoms with van der Waals surface area (Å²) < 4.78 is 1.68. The van der Waals surface area contributed by atoms with E-state index in [-0.39, 0.29) is 11.6 Å². The fourth-order valence-electron chi connectivity index (χ4n) is 2.31. The second-order valence-electron chi connectivity index (χ2n) is 4.51. The summed E-state index contributed by atoms with van der Waals surface area (Å²) in [5.74, 6) is 0.864. The van der Waals surface area contributed by atoms with Crippen LogP contribution < -0.4 is 10.9 Å². The van der Waals surface area contributed by atoms with E-state index in [1.807, 2.05) is 31.3 Å². The highest BCUT2D eigenvalue weighted by Crippen LogP contribution is 2.12. The summed E-state index contributed by atoms with van der Waals surface area (Å²) in [5.41, 5.74) is 0.831. The van der Waals surface area contributed by atoms with E-state index in [9.17, 15) is 4.79 Å². The molecule has 0 saturated heterocycles.